The zero-order valence-corrected chi connectivity index (χ0v) is 22.8. The van der Waals surface area contributed by atoms with Crippen LogP contribution in [-0.4, -0.2) is 63.7 Å². The molecular weight excluding hydrogens is 478 g/mol. The van der Waals surface area contributed by atoms with E-state index in [-0.39, 0.29) is 30.8 Å². The van der Waals surface area contributed by atoms with Crippen molar-refractivity contribution < 1.29 is 22.7 Å². The van der Waals surface area contributed by atoms with Gasteiger partial charge in [0.05, 0.1) is 19.1 Å². The molecule has 198 valence electrons. The SMILES string of the molecule is CC[C@H](C)NC(=O)[C@H](C)N(CCc1ccccc1)C(=O)CCCN(c1ccc(OC)cc1)S(C)(=O)=O. The number of anilines is 1. The number of nitrogens with zero attached hydrogens (tertiary/aromatic N) is 2. The lowest BCUT2D eigenvalue weighted by molar-refractivity contribution is -0.140. The van der Waals surface area contributed by atoms with Gasteiger partial charge in [-0.25, -0.2) is 8.42 Å². The molecule has 8 nitrogen and oxygen atoms in total. The predicted molar refractivity (Wildman–Crippen MR) is 144 cm³/mol. The van der Waals surface area contributed by atoms with E-state index in [2.05, 4.69) is 5.32 Å². The molecule has 0 aromatic heterocycles. The summed E-state index contributed by atoms with van der Waals surface area (Å²) in [6, 6.07) is 15.9. The van der Waals surface area contributed by atoms with Gasteiger partial charge >= 0.3 is 0 Å². The lowest BCUT2D eigenvalue weighted by Gasteiger charge is -2.30. The number of amides is 2. The quantitative estimate of drug-likeness (QED) is 0.413. The van der Waals surface area contributed by atoms with Crippen LogP contribution in [0.3, 0.4) is 0 Å². The number of benzene rings is 2. The van der Waals surface area contributed by atoms with Crippen LogP contribution in [0.15, 0.2) is 54.6 Å². The molecular formula is C27H39N3O5S. The van der Waals surface area contributed by atoms with Gasteiger partial charge in [-0.1, -0.05) is 37.3 Å². The Morgan fingerprint density at radius 2 is 1.64 bits per heavy atom. The van der Waals surface area contributed by atoms with E-state index in [0.717, 1.165) is 18.2 Å². The van der Waals surface area contributed by atoms with Crippen molar-refractivity contribution in [2.45, 2.75) is 58.5 Å². The van der Waals surface area contributed by atoms with Crippen LogP contribution in [0.2, 0.25) is 0 Å². The predicted octanol–water partition coefficient (Wildman–Crippen LogP) is 3.62. The Balaban J connectivity index is 2.11. The second-order valence-electron chi connectivity index (χ2n) is 8.95. The van der Waals surface area contributed by atoms with Crippen LogP contribution in [0, 0.1) is 0 Å². The number of carbonyl (C=O) groups is 2. The molecule has 0 unspecified atom stereocenters. The zero-order chi connectivity index (χ0) is 26.7. The first kappa shape index (κ1) is 29.2. The largest absolute Gasteiger partial charge is 0.497 e. The molecule has 0 aliphatic rings. The van der Waals surface area contributed by atoms with Gasteiger partial charge in [0.2, 0.25) is 21.8 Å². The van der Waals surface area contributed by atoms with Gasteiger partial charge in [0.1, 0.15) is 11.8 Å². The summed E-state index contributed by atoms with van der Waals surface area (Å²) in [4.78, 5) is 27.7. The van der Waals surface area contributed by atoms with Crippen molar-refractivity contribution in [3.8, 4) is 5.75 Å². The number of methoxy groups -OCH3 is 1. The van der Waals surface area contributed by atoms with Gasteiger partial charge in [-0.3, -0.25) is 13.9 Å². The first-order valence-corrected chi connectivity index (χ1v) is 14.2. The molecule has 0 aliphatic heterocycles. The average Bonchev–Trinajstić information content (AvgIpc) is 2.86. The van der Waals surface area contributed by atoms with Gasteiger partial charge in [-0.2, -0.15) is 0 Å². The molecule has 2 aromatic rings. The molecule has 36 heavy (non-hydrogen) atoms. The summed E-state index contributed by atoms with van der Waals surface area (Å²) in [6.07, 6.45) is 3.00. The van der Waals surface area contributed by atoms with Gasteiger partial charge in [-0.05, 0) is 62.9 Å². The lowest BCUT2D eigenvalue weighted by atomic mass is 10.1. The Morgan fingerprint density at radius 1 is 1.00 bits per heavy atom. The Kier molecular flexibility index (Phi) is 11.2. The first-order valence-electron chi connectivity index (χ1n) is 12.3. The molecule has 0 bridgehead atoms. The van der Waals surface area contributed by atoms with Crippen LogP contribution in [-0.2, 0) is 26.0 Å². The third-order valence-corrected chi connectivity index (χ3v) is 7.36. The smallest absolute Gasteiger partial charge is 0.242 e. The molecule has 0 aliphatic carbocycles. The third kappa shape index (κ3) is 8.86. The minimum Gasteiger partial charge on any atom is -0.497 e. The van der Waals surface area contributed by atoms with Crippen molar-refractivity contribution in [3.05, 3.63) is 60.2 Å². The van der Waals surface area contributed by atoms with Gasteiger partial charge in [0.25, 0.3) is 0 Å². The fourth-order valence-electron chi connectivity index (χ4n) is 3.79. The molecule has 0 radical (unpaired) electrons. The monoisotopic (exact) mass is 517 g/mol. The zero-order valence-electron chi connectivity index (χ0n) is 21.9. The number of sulfonamides is 1. The normalized spacial score (nSPS) is 12.9. The van der Waals surface area contributed by atoms with E-state index in [1.165, 1.54) is 4.31 Å². The maximum absolute atomic E-state index is 13.3. The first-order chi connectivity index (χ1) is 17.1. The minimum absolute atomic E-state index is 0.0128. The fourth-order valence-corrected chi connectivity index (χ4v) is 4.75. The average molecular weight is 518 g/mol. The van der Waals surface area contributed by atoms with Crippen LogP contribution in [0.25, 0.3) is 0 Å². The minimum atomic E-state index is -3.54. The van der Waals surface area contributed by atoms with Crippen LogP contribution < -0.4 is 14.4 Å². The highest BCUT2D eigenvalue weighted by Crippen LogP contribution is 2.22. The van der Waals surface area contributed by atoms with Crippen LogP contribution in [0.1, 0.15) is 45.6 Å². The highest BCUT2D eigenvalue weighted by Gasteiger charge is 2.27. The summed E-state index contributed by atoms with van der Waals surface area (Å²) in [5.41, 5.74) is 1.58. The second kappa shape index (κ2) is 13.9. The Labute approximate surface area is 215 Å². The number of nitrogens with one attached hydrogen (secondary N) is 1. The van der Waals surface area contributed by atoms with E-state index in [9.17, 15) is 18.0 Å². The van der Waals surface area contributed by atoms with E-state index in [1.807, 2.05) is 44.2 Å². The number of rotatable bonds is 14. The van der Waals surface area contributed by atoms with Crippen molar-refractivity contribution >= 4 is 27.5 Å². The lowest BCUT2D eigenvalue weighted by Crippen LogP contribution is -2.50. The molecule has 0 heterocycles. The highest BCUT2D eigenvalue weighted by molar-refractivity contribution is 7.92. The topological polar surface area (TPSA) is 96.0 Å². The summed E-state index contributed by atoms with van der Waals surface area (Å²) in [7, 11) is -2.00. The number of ether oxygens (including phenoxy) is 1. The number of hydrogen-bond acceptors (Lipinski definition) is 5. The second-order valence-corrected chi connectivity index (χ2v) is 10.9. The van der Waals surface area contributed by atoms with Crippen molar-refractivity contribution in [3.63, 3.8) is 0 Å². The van der Waals surface area contributed by atoms with Gasteiger partial charge in [0.15, 0.2) is 0 Å². The molecule has 0 saturated carbocycles. The molecule has 0 spiro atoms. The summed E-state index contributed by atoms with van der Waals surface area (Å²) >= 11 is 0. The highest BCUT2D eigenvalue weighted by atomic mass is 32.2. The Morgan fingerprint density at radius 3 is 2.19 bits per heavy atom. The standard InChI is InChI=1S/C27H39N3O5S/c1-6-21(2)28-27(32)22(3)29(20-18-23-11-8-7-9-12-23)26(31)13-10-19-30(36(5,33)34)24-14-16-25(35-4)17-15-24/h7-9,11-12,14-17,21-22H,6,10,13,18-20H2,1-5H3,(H,28,32)/t21-,22-/m0/s1. The maximum atomic E-state index is 13.3. The van der Waals surface area contributed by atoms with E-state index < -0.39 is 16.1 Å². The van der Waals surface area contributed by atoms with Crippen LogP contribution in [0.4, 0.5) is 5.69 Å². The summed E-state index contributed by atoms with van der Waals surface area (Å²) < 4.78 is 31.3. The van der Waals surface area contributed by atoms with Crippen LogP contribution >= 0.6 is 0 Å². The molecule has 2 rings (SSSR count). The molecule has 0 saturated heterocycles. The van der Waals surface area contributed by atoms with Gasteiger partial charge in [-0.15, -0.1) is 0 Å². The molecule has 2 aromatic carbocycles. The number of hydrogen-bond donors (Lipinski definition) is 1. The third-order valence-electron chi connectivity index (χ3n) is 6.17. The summed E-state index contributed by atoms with van der Waals surface area (Å²) in [5, 5.41) is 2.96. The summed E-state index contributed by atoms with van der Waals surface area (Å²) in [6.45, 7) is 6.20. The van der Waals surface area contributed by atoms with E-state index in [0.29, 0.717) is 30.8 Å². The molecule has 0 fully saturated rings. The molecule has 2 atom stereocenters. The van der Waals surface area contributed by atoms with E-state index in [4.69, 9.17) is 4.74 Å². The number of carbonyl (C=O) groups excluding carboxylic acids is 2. The maximum Gasteiger partial charge on any atom is 0.242 e. The van der Waals surface area contributed by atoms with E-state index in [1.54, 1.807) is 43.2 Å². The Hall–Kier alpha value is -3.07. The van der Waals surface area contributed by atoms with Crippen molar-refractivity contribution in [2.75, 3.05) is 30.8 Å². The van der Waals surface area contributed by atoms with Crippen molar-refractivity contribution in [2.24, 2.45) is 0 Å². The van der Waals surface area contributed by atoms with Gasteiger partial charge in [0, 0.05) is 25.6 Å². The van der Waals surface area contributed by atoms with Crippen LogP contribution in [0.5, 0.6) is 5.75 Å². The Bertz CT molecular complexity index is 1070. The fraction of sp³-hybridized carbons (Fsp3) is 0.481. The molecule has 1 N–H and O–H groups in total. The molecule has 9 heteroatoms. The molecule has 2 amide bonds. The van der Waals surface area contributed by atoms with Gasteiger partial charge < -0.3 is 15.0 Å². The summed E-state index contributed by atoms with van der Waals surface area (Å²) in [5.74, 6) is 0.253. The van der Waals surface area contributed by atoms with E-state index >= 15 is 0 Å². The van der Waals surface area contributed by atoms with Crippen molar-refractivity contribution in [1.82, 2.24) is 10.2 Å². The van der Waals surface area contributed by atoms with Crippen molar-refractivity contribution in [1.29, 1.82) is 0 Å².